The Morgan fingerprint density at radius 3 is 1.44 bits per heavy atom. The summed E-state index contributed by atoms with van der Waals surface area (Å²) in [7, 11) is 0. The zero-order valence-corrected chi connectivity index (χ0v) is 31.6. The van der Waals surface area contributed by atoms with Gasteiger partial charge in [-0.2, -0.15) is 0 Å². The van der Waals surface area contributed by atoms with Gasteiger partial charge in [0.15, 0.2) is 0 Å². The molecular formula is C55H39NO. The average molecular weight is 730 g/mol. The Bertz CT molecular complexity index is 3100. The smallest absolute Gasteiger partial charge is 0.135 e. The molecule has 0 radical (unpaired) electrons. The molecule has 1 aromatic heterocycles. The van der Waals surface area contributed by atoms with Crippen molar-refractivity contribution in [1.29, 1.82) is 0 Å². The number of anilines is 2. The number of nitrogens with zero attached hydrogens (tertiary/aromatic N) is 1. The van der Waals surface area contributed by atoms with Crippen LogP contribution in [-0.2, 0) is 0 Å². The topological polar surface area (TPSA) is 16.4 Å². The molecule has 0 unspecified atom stereocenters. The van der Waals surface area contributed by atoms with E-state index in [0.29, 0.717) is 0 Å². The van der Waals surface area contributed by atoms with E-state index < -0.39 is 0 Å². The van der Waals surface area contributed by atoms with Crippen LogP contribution >= 0.6 is 0 Å². The number of rotatable bonds is 8. The monoisotopic (exact) mass is 729 g/mol. The van der Waals surface area contributed by atoms with Crippen LogP contribution in [0.5, 0.6) is 0 Å². The first-order valence-electron chi connectivity index (χ1n) is 19.5. The van der Waals surface area contributed by atoms with Crippen LogP contribution in [0.25, 0.3) is 82.9 Å². The third-order valence-electron chi connectivity index (χ3n) is 11.1. The van der Waals surface area contributed by atoms with E-state index in [1.54, 1.807) is 0 Å². The highest BCUT2D eigenvalue weighted by Crippen LogP contribution is 2.38. The van der Waals surface area contributed by atoms with E-state index in [2.05, 4.69) is 230 Å². The van der Waals surface area contributed by atoms with Gasteiger partial charge in [0.2, 0.25) is 0 Å². The van der Waals surface area contributed by atoms with E-state index in [1.807, 2.05) is 0 Å². The van der Waals surface area contributed by atoms with Gasteiger partial charge in [-0.3, -0.25) is 0 Å². The van der Waals surface area contributed by atoms with Crippen molar-refractivity contribution in [3.8, 4) is 33.4 Å². The van der Waals surface area contributed by atoms with Crippen LogP contribution in [-0.4, -0.2) is 0 Å². The van der Waals surface area contributed by atoms with Crippen molar-refractivity contribution in [3.05, 3.63) is 224 Å². The first-order chi connectivity index (χ1) is 28.2. The fourth-order valence-corrected chi connectivity index (χ4v) is 8.15. The molecular weight excluding hydrogens is 691 g/mol. The second-order valence-corrected chi connectivity index (χ2v) is 14.5. The molecule has 57 heavy (non-hydrogen) atoms. The van der Waals surface area contributed by atoms with E-state index >= 15 is 0 Å². The summed E-state index contributed by atoms with van der Waals surface area (Å²) in [4.78, 5) is 2.34. The lowest BCUT2D eigenvalue weighted by atomic mass is 9.97. The molecule has 9 aromatic carbocycles. The highest BCUT2D eigenvalue weighted by molar-refractivity contribution is 6.11. The second kappa shape index (κ2) is 14.7. The van der Waals surface area contributed by atoms with Crippen molar-refractivity contribution in [2.24, 2.45) is 0 Å². The summed E-state index contributed by atoms with van der Waals surface area (Å²) in [5.41, 5.74) is 13.3. The van der Waals surface area contributed by atoms with Crippen LogP contribution in [0, 0.1) is 0 Å². The number of furan rings is 1. The van der Waals surface area contributed by atoms with Gasteiger partial charge in [0, 0.05) is 27.8 Å². The Hall–Kier alpha value is -7.42. The summed E-state index contributed by atoms with van der Waals surface area (Å²) in [5, 5.41) is 7.25. The van der Waals surface area contributed by atoms with Crippen LogP contribution in [0.2, 0.25) is 0 Å². The summed E-state index contributed by atoms with van der Waals surface area (Å²) in [6.07, 6.45) is 6.70. The predicted octanol–water partition coefficient (Wildman–Crippen LogP) is 15.6. The molecule has 2 heteroatoms. The van der Waals surface area contributed by atoms with Crippen molar-refractivity contribution in [3.63, 3.8) is 0 Å². The minimum absolute atomic E-state index is 0.893. The fraction of sp³-hybridized carbons (Fsp3) is 0.0182. The molecule has 1 heterocycles. The Labute approximate surface area is 332 Å². The molecule has 0 bridgehead atoms. The molecule has 0 amide bonds. The van der Waals surface area contributed by atoms with Gasteiger partial charge in [0.1, 0.15) is 11.2 Å². The number of fused-ring (bicyclic) bond motifs is 6. The van der Waals surface area contributed by atoms with Gasteiger partial charge in [-0.05, 0) is 128 Å². The zero-order valence-electron chi connectivity index (χ0n) is 31.6. The molecule has 2 nitrogen and oxygen atoms in total. The molecule has 0 aliphatic rings. The lowest BCUT2D eigenvalue weighted by Crippen LogP contribution is -2.15. The van der Waals surface area contributed by atoms with Crippen LogP contribution in [0.3, 0.4) is 0 Å². The molecule has 0 fully saturated rings. The Balaban J connectivity index is 1.03. The standard InChI is InChI=1S/C55H39NO/c1-2-46(28-25-45-35-44-17-9-10-18-49(44)51-20-12-11-19-50(45)51)56(47-29-21-40(22-30-47)38-13-5-3-6-14-38)48-31-23-41(24-32-48)43-27-34-55-53(37-43)52-36-42(26-33-54(52)57-55)39-15-7-4-8-16-39/h2-37H,1H3/b28-25-,46-2+. The molecule has 0 spiro atoms. The van der Waals surface area contributed by atoms with E-state index in [0.717, 1.165) is 50.1 Å². The van der Waals surface area contributed by atoms with Gasteiger partial charge >= 0.3 is 0 Å². The lowest BCUT2D eigenvalue weighted by Gasteiger charge is -2.27. The summed E-state index contributed by atoms with van der Waals surface area (Å²) in [6, 6.07) is 71.5. The number of hydrogen-bond acceptors (Lipinski definition) is 2. The molecule has 0 aliphatic heterocycles. The molecule has 0 atom stereocenters. The second-order valence-electron chi connectivity index (χ2n) is 14.5. The molecule has 0 saturated heterocycles. The summed E-state index contributed by atoms with van der Waals surface area (Å²) in [6.45, 7) is 2.12. The highest BCUT2D eigenvalue weighted by Gasteiger charge is 2.16. The molecule has 10 rings (SSSR count). The van der Waals surface area contributed by atoms with E-state index in [4.69, 9.17) is 4.42 Å². The van der Waals surface area contributed by atoms with Gasteiger partial charge in [-0.15, -0.1) is 0 Å². The van der Waals surface area contributed by atoms with Crippen LogP contribution in [0.4, 0.5) is 11.4 Å². The molecule has 270 valence electrons. The van der Waals surface area contributed by atoms with E-state index in [-0.39, 0.29) is 0 Å². The molecule has 0 aliphatic carbocycles. The van der Waals surface area contributed by atoms with Crippen LogP contribution < -0.4 is 4.90 Å². The van der Waals surface area contributed by atoms with Gasteiger partial charge in [0.05, 0.1) is 0 Å². The normalized spacial score (nSPS) is 12.0. The first-order valence-corrected chi connectivity index (χ1v) is 19.5. The third kappa shape index (κ3) is 6.48. The summed E-state index contributed by atoms with van der Waals surface area (Å²) >= 11 is 0. The largest absolute Gasteiger partial charge is 0.456 e. The van der Waals surface area contributed by atoms with Gasteiger partial charge < -0.3 is 9.32 Å². The highest BCUT2D eigenvalue weighted by atomic mass is 16.3. The quantitative estimate of drug-likeness (QED) is 0.114. The molecule has 0 N–H and O–H groups in total. The van der Waals surface area contributed by atoms with Gasteiger partial charge in [-0.1, -0.05) is 158 Å². The van der Waals surface area contributed by atoms with Crippen molar-refractivity contribution in [2.45, 2.75) is 6.92 Å². The number of hydrogen-bond donors (Lipinski definition) is 0. The number of benzene rings is 9. The number of allylic oxidation sites excluding steroid dienone is 2. The Morgan fingerprint density at radius 1 is 0.404 bits per heavy atom. The maximum Gasteiger partial charge on any atom is 0.135 e. The van der Waals surface area contributed by atoms with E-state index in [1.165, 1.54) is 49.4 Å². The fourth-order valence-electron chi connectivity index (χ4n) is 8.15. The van der Waals surface area contributed by atoms with Gasteiger partial charge in [0.25, 0.3) is 0 Å². The van der Waals surface area contributed by atoms with Crippen LogP contribution in [0.1, 0.15) is 12.5 Å². The molecule has 10 aromatic rings. The third-order valence-corrected chi connectivity index (χ3v) is 11.1. The lowest BCUT2D eigenvalue weighted by molar-refractivity contribution is 0.669. The Morgan fingerprint density at radius 2 is 0.860 bits per heavy atom. The minimum Gasteiger partial charge on any atom is -0.456 e. The zero-order chi connectivity index (χ0) is 38.1. The predicted molar refractivity (Wildman–Crippen MR) is 243 cm³/mol. The van der Waals surface area contributed by atoms with Crippen molar-refractivity contribution >= 4 is 60.9 Å². The van der Waals surface area contributed by atoms with E-state index in [9.17, 15) is 0 Å². The maximum atomic E-state index is 6.29. The SMILES string of the molecule is C/C=C(\C=C/c1cc2ccccc2c2ccccc12)N(c1ccc(-c2ccccc2)cc1)c1ccc(-c2ccc3oc4ccc(-c5ccccc5)cc4c3c2)cc1. The van der Waals surface area contributed by atoms with Crippen molar-refractivity contribution in [1.82, 2.24) is 0 Å². The average Bonchev–Trinajstić information content (AvgIpc) is 3.66. The van der Waals surface area contributed by atoms with Crippen molar-refractivity contribution in [2.75, 3.05) is 4.90 Å². The van der Waals surface area contributed by atoms with Gasteiger partial charge in [-0.25, -0.2) is 0 Å². The molecule has 0 saturated carbocycles. The maximum absolute atomic E-state index is 6.29. The minimum atomic E-state index is 0.893. The summed E-state index contributed by atoms with van der Waals surface area (Å²) < 4.78 is 6.29. The first kappa shape index (κ1) is 34.1. The van der Waals surface area contributed by atoms with Crippen molar-refractivity contribution < 1.29 is 4.42 Å². The van der Waals surface area contributed by atoms with Crippen LogP contribution in [0.15, 0.2) is 222 Å². The summed E-state index contributed by atoms with van der Waals surface area (Å²) in [5.74, 6) is 0. The Kier molecular flexibility index (Phi) is 8.78.